The fraction of sp³-hybridized carbons (Fsp3) is 0.375. The van der Waals surface area contributed by atoms with E-state index in [1.807, 2.05) is 21.7 Å². The minimum atomic E-state index is -1.18. The molecule has 0 fully saturated rings. The largest absolute Gasteiger partial charge is 1.00 e. The molecule has 1 aliphatic rings. The zero-order valence-electron chi connectivity index (χ0n) is 12.4. The molecule has 118 valence electrons. The van der Waals surface area contributed by atoms with Crippen LogP contribution in [0.15, 0.2) is 42.7 Å². The van der Waals surface area contributed by atoms with Crippen molar-refractivity contribution in [2.75, 3.05) is 11.4 Å². The van der Waals surface area contributed by atoms with Crippen LogP contribution >= 0.6 is 0 Å². The Hall–Kier alpha value is -1.53. The molecule has 0 radical (unpaired) electrons. The first kappa shape index (κ1) is 16.8. The number of aliphatic hydroxyl groups is 1. The van der Waals surface area contributed by atoms with Gasteiger partial charge in [0.05, 0.1) is 12.7 Å². The number of fused-ring (bicyclic) bond motifs is 1. The Balaban J connectivity index is 0.00000176. The zero-order chi connectivity index (χ0) is 14.9. The van der Waals surface area contributed by atoms with Crippen LogP contribution in [0.5, 0.6) is 0 Å². The summed E-state index contributed by atoms with van der Waals surface area (Å²) in [6.45, 7) is 3.21. The van der Waals surface area contributed by atoms with E-state index in [1.54, 1.807) is 18.3 Å². The van der Waals surface area contributed by atoms with Crippen molar-refractivity contribution in [1.82, 2.24) is 4.98 Å². The molecule has 0 amide bonds. The van der Waals surface area contributed by atoms with Crippen molar-refractivity contribution in [2.24, 2.45) is 0 Å². The first-order valence-electron chi connectivity index (χ1n) is 7.25. The summed E-state index contributed by atoms with van der Waals surface area (Å²) in [6, 6.07) is 7.89. The molecule has 3 rings (SSSR count). The second-order valence-electron chi connectivity index (χ2n) is 5.38. The summed E-state index contributed by atoms with van der Waals surface area (Å²) in [5.74, 6) is 0.446. The van der Waals surface area contributed by atoms with Crippen LogP contribution < -0.4 is 26.4 Å². The molecule has 0 saturated heterocycles. The molecule has 1 atom stereocenters. The summed E-state index contributed by atoms with van der Waals surface area (Å²) in [7, 11) is 0. The standard InChI is InChI=1S/C16H19FN3O.BrH/c1-2-3-11-20-15-18-9-4-10-19(15)12-16(20,21)13-5-7-14(17)8-6-13;/h4-10,21H,2-3,11-12H2,1H3;1H/q+1;/p-1. The van der Waals surface area contributed by atoms with Crippen molar-refractivity contribution in [3.63, 3.8) is 0 Å². The average molecular weight is 368 g/mol. The number of anilines is 1. The lowest BCUT2D eigenvalue weighted by molar-refractivity contribution is -0.685. The quantitative estimate of drug-likeness (QED) is 0.703. The van der Waals surface area contributed by atoms with Gasteiger partial charge in [0.2, 0.25) is 5.72 Å². The Labute approximate surface area is 140 Å². The van der Waals surface area contributed by atoms with Crippen LogP contribution in [-0.4, -0.2) is 16.6 Å². The van der Waals surface area contributed by atoms with E-state index in [1.165, 1.54) is 12.1 Å². The molecule has 4 nitrogen and oxygen atoms in total. The number of nitrogens with zero attached hydrogens (tertiary/aromatic N) is 3. The topological polar surface area (TPSA) is 40.2 Å². The number of hydrogen-bond acceptors (Lipinski definition) is 3. The molecule has 1 unspecified atom stereocenters. The first-order valence-corrected chi connectivity index (χ1v) is 7.25. The molecule has 0 bridgehead atoms. The van der Waals surface area contributed by atoms with Gasteiger partial charge >= 0.3 is 5.95 Å². The maximum Gasteiger partial charge on any atom is 0.396 e. The number of rotatable bonds is 4. The molecule has 0 spiro atoms. The molecule has 0 saturated carbocycles. The van der Waals surface area contributed by atoms with Gasteiger partial charge in [0.1, 0.15) is 18.6 Å². The van der Waals surface area contributed by atoms with Crippen LogP contribution in [0.1, 0.15) is 25.3 Å². The van der Waals surface area contributed by atoms with Gasteiger partial charge in [0, 0.05) is 11.6 Å². The Kier molecular flexibility index (Phi) is 5.13. The molecule has 22 heavy (non-hydrogen) atoms. The van der Waals surface area contributed by atoms with Gasteiger partial charge < -0.3 is 22.1 Å². The third kappa shape index (κ3) is 2.85. The Morgan fingerprint density at radius 3 is 2.77 bits per heavy atom. The van der Waals surface area contributed by atoms with Gasteiger partial charge in [0.25, 0.3) is 0 Å². The summed E-state index contributed by atoms with van der Waals surface area (Å²) < 4.78 is 15.1. The van der Waals surface area contributed by atoms with E-state index in [9.17, 15) is 9.50 Å². The van der Waals surface area contributed by atoms with Crippen molar-refractivity contribution in [1.29, 1.82) is 0 Å². The number of halogens is 2. The van der Waals surface area contributed by atoms with Gasteiger partial charge in [-0.25, -0.2) is 13.9 Å². The monoisotopic (exact) mass is 367 g/mol. The molecule has 1 aliphatic heterocycles. The van der Waals surface area contributed by atoms with Crippen LogP contribution in [0.3, 0.4) is 0 Å². The normalized spacial score (nSPS) is 19.7. The molecule has 0 aliphatic carbocycles. The zero-order valence-corrected chi connectivity index (χ0v) is 14.0. The predicted molar refractivity (Wildman–Crippen MR) is 77.0 cm³/mol. The van der Waals surface area contributed by atoms with Crippen molar-refractivity contribution in [3.05, 3.63) is 54.1 Å². The van der Waals surface area contributed by atoms with E-state index >= 15 is 0 Å². The predicted octanol–water partition coefficient (Wildman–Crippen LogP) is -1.02. The Morgan fingerprint density at radius 1 is 1.36 bits per heavy atom. The molecule has 2 aromatic rings. The van der Waals surface area contributed by atoms with E-state index in [4.69, 9.17) is 0 Å². The van der Waals surface area contributed by atoms with Gasteiger partial charge in [-0.1, -0.05) is 18.3 Å². The van der Waals surface area contributed by atoms with Crippen molar-refractivity contribution < 1.29 is 31.0 Å². The lowest BCUT2D eigenvalue weighted by Gasteiger charge is -2.28. The van der Waals surface area contributed by atoms with Crippen LogP contribution in [0.4, 0.5) is 10.3 Å². The summed E-state index contributed by atoms with van der Waals surface area (Å²) in [6.07, 6.45) is 5.62. The van der Waals surface area contributed by atoms with Gasteiger partial charge in [-0.2, -0.15) is 0 Å². The van der Waals surface area contributed by atoms with Gasteiger partial charge in [-0.05, 0) is 30.7 Å². The van der Waals surface area contributed by atoms with Crippen LogP contribution in [0.25, 0.3) is 0 Å². The van der Waals surface area contributed by atoms with E-state index in [0.717, 1.165) is 18.8 Å². The van der Waals surface area contributed by atoms with Gasteiger partial charge in [-0.15, -0.1) is 0 Å². The Bertz CT molecular complexity index is 638. The smallest absolute Gasteiger partial charge is 0.396 e. The Morgan fingerprint density at radius 2 is 2.09 bits per heavy atom. The van der Waals surface area contributed by atoms with Crippen molar-refractivity contribution in [3.8, 4) is 0 Å². The maximum absolute atomic E-state index is 13.1. The number of unbranched alkanes of at least 4 members (excludes halogenated alkanes) is 1. The van der Waals surface area contributed by atoms with Crippen LogP contribution in [-0.2, 0) is 12.3 Å². The third-order valence-electron chi connectivity index (χ3n) is 3.92. The highest BCUT2D eigenvalue weighted by Crippen LogP contribution is 2.33. The molecular weight excluding hydrogens is 349 g/mol. The number of benzene rings is 1. The summed E-state index contributed by atoms with van der Waals surface area (Å²) in [5.41, 5.74) is -0.491. The second kappa shape index (κ2) is 6.71. The second-order valence-corrected chi connectivity index (χ2v) is 5.38. The summed E-state index contributed by atoms with van der Waals surface area (Å²) >= 11 is 0. The molecular formula is C16H19BrFN3O. The summed E-state index contributed by atoms with van der Waals surface area (Å²) in [5, 5.41) is 11.2. The first-order chi connectivity index (χ1) is 10.1. The van der Waals surface area contributed by atoms with E-state index < -0.39 is 5.72 Å². The fourth-order valence-corrected chi connectivity index (χ4v) is 2.79. The summed E-state index contributed by atoms with van der Waals surface area (Å²) in [4.78, 5) is 6.29. The maximum atomic E-state index is 13.1. The van der Waals surface area contributed by atoms with E-state index in [2.05, 4.69) is 11.9 Å². The van der Waals surface area contributed by atoms with Crippen LogP contribution in [0, 0.1) is 5.82 Å². The fourth-order valence-electron chi connectivity index (χ4n) is 2.79. The molecule has 2 heterocycles. The van der Waals surface area contributed by atoms with E-state index in [-0.39, 0.29) is 22.8 Å². The molecule has 1 aromatic heterocycles. The minimum Gasteiger partial charge on any atom is -1.00 e. The highest BCUT2D eigenvalue weighted by Gasteiger charge is 2.50. The SMILES string of the molecule is CCCCN1c2nccc[n+]2CC1(O)c1ccc(F)cc1.[Br-]. The third-order valence-corrected chi connectivity index (χ3v) is 3.92. The molecule has 1 aromatic carbocycles. The van der Waals surface area contributed by atoms with Crippen molar-refractivity contribution in [2.45, 2.75) is 32.0 Å². The number of aromatic nitrogens is 2. The van der Waals surface area contributed by atoms with E-state index in [0.29, 0.717) is 18.7 Å². The highest BCUT2D eigenvalue weighted by atomic mass is 79.9. The molecule has 1 N–H and O–H groups in total. The van der Waals surface area contributed by atoms with Crippen LogP contribution in [0.2, 0.25) is 0 Å². The average Bonchev–Trinajstić information content (AvgIpc) is 2.78. The lowest BCUT2D eigenvalue weighted by atomic mass is 10.0. The number of hydrogen-bond donors (Lipinski definition) is 1. The van der Waals surface area contributed by atoms with Crippen molar-refractivity contribution >= 4 is 5.95 Å². The van der Waals surface area contributed by atoms with Gasteiger partial charge in [0.15, 0.2) is 0 Å². The molecule has 6 heteroatoms. The highest BCUT2D eigenvalue weighted by molar-refractivity contribution is 5.38. The minimum absolute atomic E-state index is 0. The van der Waals surface area contributed by atoms with Gasteiger partial charge in [-0.3, -0.25) is 0 Å². The lowest BCUT2D eigenvalue weighted by Crippen LogP contribution is -3.00.